The van der Waals surface area contributed by atoms with Gasteiger partial charge in [-0.25, -0.2) is 9.29 Å². The monoisotopic (exact) mass is 352 g/mol. The molecule has 2 aliphatic rings. The van der Waals surface area contributed by atoms with E-state index in [2.05, 4.69) is 10.3 Å². The summed E-state index contributed by atoms with van der Waals surface area (Å²) < 4.78 is 13.9. The van der Waals surface area contributed by atoms with E-state index in [1.54, 1.807) is 30.3 Å². The molecular weight excluding hydrogens is 335 g/mol. The first-order chi connectivity index (χ1) is 12.6. The average Bonchev–Trinajstić information content (AvgIpc) is 3.17. The molecule has 0 aromatic heterocycles. The van der Waals surface area contributed by atoms with E-state index in [-0.39, 0.29) is 18.3 Å². The summed E-state index contributed by atoms with van der Waals surface area (Å²) >= 11 is 0. The predicted octanol–water partition coefficient (Wildman–Crippen LogP) is 2.88. The van der Waals surface area contributed by atoms with Gasteiger partial charge in [-0.15, -0.1) is 0 Å². The Bertz CT molecular complexity index is 897. The molecule has 2 heterocycles. The van der Waals surface area contributed by atoms with Gasteiger partial charge >= 0.3 is 0 Å². The van der Waals surface area contributed by atoms with E-state index in [1.165, 1.54) is 11.1 Å². The Morgan fingerprint density at radius 2 is 1.77 bits per heavy atom. The summed E-state index contributed by atoms with van der Waals surface area (Å²) in [7, 11) is 0. The molecule has 0 N–H and O–H groups in total. The number of anilines is 1. The molecule has 0 aliphatic carbocycles. The fraction of sp³-hybridized carbons (Fsp3) is 0.263. The number of carbonyl (C=O) groups is 2. The number of rotatable bonds is 4. The first-order valence-electron chi connectivity index (χ1n) is 8.47. The van der Waals surface area contributed by atoms with Crippen molar-refractivity contribution in [3.8, 4) is 0 Å². The van der Waals surface area contributed by atoms with Gasteiger partial charge in [0.15, 0.2) is 12.1 Å². The highest BCUT2D eigenvalue weighted by atomic mass is 19.1. The molecular formula is C19H17FN4O2. The van der Waals surface area contributed by atoms with Crippen LogP contribution in [0.25, 0.3) is 0 Å². The van der Waals surface area contributed by atoms with Gasteiger partial charge in [-0.05, 0) is 30.2 Å². The van der Waals surface area contributed by atoms with Gasteiger partial charge in [0.05, 0.1) is 12.2 Å². The molecule has 0 spiro atoms. The molecule has 0 radical (unpaired) electrons. The number of nitrogens with zero attached hydrogens (tertiary/aromatic N) is 4. The van der Waals surface area contributed by atoms with Crippen molar-refractivity contribution in [2.24, 2.45) is 10.3 Å². The molecule has 2 atom stereocenters. The first-order valence-corrected chi connectivity index (χ1v) is 8.47. The molecule has 4 rings (SSSR count). The van der Waals surface area contributed by atoms with E-state index in [0.29, 0.717) is 11.3 Å². The zero-order valence-corrected chi connectivity index (χ0v) is 14.2. The van der Waals surface area contributed by atoms with Gasteiger partial charge < -0.3 is 0 Å². The molecule has 132 valence electrons. The fourth-order valence-electron chi connectivity index (χ4n) is 3.29. The maximum atomic E-state index is 13.9. The average molecular weight is 352 g/mol. The highest BCUT2D eigenvalue weighted by molar-refractivity contribution is 6.25. The van der Waals surface area contributed by atoms with Crippen LogP contribution in [0.1, 0.15) is 18.1 Å². The van der Waals surface area contributed by atoms with Crippen LogP contribution in [-0.2, 0) is 22.6 Å². The SMILES string of the molecule is CCc1ccc(N2C(=O)[C@@H]3[C@@H](N=NN3Cc3ccccc3F)C2=O)cc1. The molecule has 2 amide bonds. The lowest BCUT2D eigenvalue weighted by Gasteiger charge is -2.21. The van der Waals surface area contributed by atoms with Crippen LogP contribution in [-0.4, -0.2) is 28.9 Å². The van der Waals surface area contributed by atoms with Gasteiger partial charge in [-0.3, -0.25) is 14.6 Å². The van der Waals surface area contributed by atoms with Crippen molar-refractivity contribution in [3.05, 3.63) is 65.5 Å². The summed E-state index contributed by atoms with van der Waals surface area (Å²) in [5, 5.41) is 9.29. The van der Waals surface area contributed by atoms with Crippen molar-refractivity contribution >= 4 is 17.5 Å². The third kappa shape index (κ3) is 2.56. The highest BCUT2D eigenvalue weighted by Crippen LogP contribution is 2.33. The van der Waals surface area contributed by atoms with Gasteiger partial charge in [0.2, 0.25) is 0 Å². The number of halogens is 1. The summed E-state index contributed by atoms with van der Waals surface area (Å²) in [6.45, 7) is 2.12. The minimum absolute atomic E-state index is 0.0823. The number of carbonyl (C=O) groups excluding carboxylic acids is 2. The maximum Gasteiger partial charge on any atom is 0.263 e. The number of aryl methyl sites for hydroxylation is 1. The molecule has 26 heavy (non-hydrogen) atoms. The van der Waals surface area contributed by atoms with Crippen LogP contribution >= 0.6 is 0 Å². The van der Waals surface area contributed by atoms with E-state index in [9.17, 15) is 14.0 Å². The van der Waals surface area contributed by atoms with Crippen molar-refractivity contribution in [3.63, 3.8) is 0 Å². The third-order valence-electron chi connectivity index (χ3n) is 4.75. The minimum Gasteiger partial charge on any atom is -0.271 e. The maximum absolute atomic E-state index is 13.9. The molecule has 0 saturated carbocycles. The molecule has 0 bridgehead atoms. The normalized spacial score (nSPS) is 21.6. The molecule has 2 aliphatic heterocycles. The molecule has 0 unspecified atom stereocenters. The predicted molar refractivity (Wildman–Crippen MR) is 92.7 cm³/mol. The van der Waals surface area contributed by atoms with Crippen LogP contribution < -0.4 is 4.90 Å². The van der Waals surface area contributed by atoms with E-state index < -0.39 is 18.0 Å². The Hall–Kier alpha value is -3.09. The Kier molecular flexibility index (Phi) is 3.99. The van der Waals surface area contributed by atoms with Gasteiger partial charge in [0, 0.05) is 5.56 Å². The van der Waals surface area contributed by atoms with Gasteiger partial charge in [0.1, 0.15) is 5.82 Å². The molecule has 1 saturated heterocycles. The Labute approximate surface area is 149 Å². The van der Waals surface area contributed by atoms with Crippen LogP contribution in [0.4, 0.5) is 10.1 Å². The van der Waals surface area contributed by atoms with E-state index >= 15 is 0 Å². The van der Waals surface area contributed by atoms with E-state index in [0.717, 1.165) is 16.9 Å². The van der Waals surface area contributed by atoms with Crippen LogP contribution in [0.2, 0.25) is 0 Å². The first kappa shape index (κ1) is 16.4. The standard InChI is InChI=1S/C19H17FN4O2/c1-2-12-7-9-14(10-8-12)24-18(25)16-17(19(24)26)23(22-21-16)11-13-5-3-4-6-15(13)20/h3-10,16-17H,2,11H2,1H3/t16-,17+/m1/s1. The molecule has 6 nitrogen and oxygen atoms in total. The van der Waals surface area contributed by atoms with Gasteiger partial charge in [-0.2, -0.15) is 5.11 Å². The molecule has 1 fully saturated rings. The van der Waals surface area contributed by atoms with Crippen molar-refractivity contribution in [1.29, 1.82) is 0 Å². The lowest BCUT2D eigenvalue weighted by molar-refractivity contribution is -0.123. The summed E-state index contributed by atoms with van der Waals surface area (Å²) in [5.74, 6) is -1.16. The molecule has 7 heteroatoms. The number of hydrogen-bond acceptors (Lipinski definition) is 5. The number of hydrogen-bond donors (Lipinski definition) is 0. The molecule has 2 aromatic carbocycles. The summed E-state index contributed by atoms with van der Waals surface area (Å²) in [6, 6.07) is 11.9. The van der Waals surface area contributed by atoms with Crippen molar-refractivity contribution in [2.45, 2.75) is 32.0 Å². The lowest BCUT2D eigenvalue weighted by Crippen LogP contribution is -2.39. The Morgan fingerprint density at radius 3 is 2.46 bits per heavy atom. The number of benzene rings is 2. The summed E-state index contributed by atoms with van der Waals surface area (Å²) in [4.78, 5) is 26.7. The second kappa shape index (κ2) is 6.33. The second-order valence-electron chi connectivity index (χ2n) is 6.32. The number of fused-ring (bicyclic) bond motifs is 1. The van der Waals surface area contributed by atoms with Crippen LogP contribution in [0, 0.1) is 5.82 Å². The lowest BCUT2D eigenvalue weighted by atomic mass is 10.1. The Balaban J connectivity index is 1.60. The van der Waals surface area contributed by atoms with Crippen LogP contribution in [0.3, 0.4) is 0 Å². The quantitative estimate of drug-likeness (QED) is 0.795. The van der Waals surface area contributed by atoms with Crippen LogP contribution in [0.15, 0.2) is 58.9 Å². The van der Waals surface area contributed by atoms with Crippen molar-refractivity contribution < 1.29 is 14.0 Å². The number of amides is 2. The fourth-order valence-corrected chi connectivity index (χ4v) is 3.29. The van der Waals surface area contributed by atoms with Gasteiger partial charge in [-0.1, -0.05) is 42.5 Å². The topological polar surface area (TPSA) is 65.3 Å². The zero-order valence-electron chi connectivity index (χ0n) is 14.2. The van der Waals surface area contributed by atoms with Crippen molar-refractivity contribution in [2.75, 3.05) is 4.90 Å². The zero-order chi connectivity index (χ0) is 18.3. The summed E-state index contributed by atoms with van der Waals surface area (Å²) in [5.41, 5.74) is 2.04. The molecule has 2 aromatic rings. The third-order valence-corrected chi connectivity index (χ3v) is 4.75. The van der Waals surface area contributed by atoms with E-state index in [4.69, 9.17) is 0 Å². The highest BCUT2D eigenvalue weighted by Gasteiger charge is 2.54. The minimum atomic E-state index is -0.875. The Morgan fingerprint density at radius 1 is 1.04 bits per heavy atom. The number of imide groups is 1. The smallest absolute Gasteiger partial charge is 0.263 e. The van der Waals surface area contributed by atoms with E-state index in [1.807, 2.05) is 19.1 Å². The summed E-state index contributed by atoms with van der Waals surface area (Å²) in [6.07, 6.45) is 0.873. The van der Waals surface area contributed by atoms with Gasteiger partial charge in [0.25, 0.3) is 11.8 Å². The van der Waals surface area contributed by atoms with Crippen molar-refractivity contribution in [1.82, 2.24) is 5.01 Å². The largest absolute Gasteiger partial charge is 0.271 e. The van der Waals surface area contributed by atoms with Crippen LogP contribution in [0.5, 0.6) is 0 Å². The second-order valence-corrected chi connectivity index (χ2v) is 6.32.